The molecular formula is C16H23N3. The molecule has 0 unspecified atom stereocenters. The Kier molecular flexibility index (Phi) is 4.38. The molecule has 1 N–H and O–H groups in total. The van der Waals surface area contributed by atoms with Gasteiger partial charge >= 0.3 is 0 Å². The fourth-order valence-electron chi connectivity index (χ4n) is 2.34. The highest BCUT2D eigenvalue weighted by Gasteiger charge is 2.15. The van der Waals surface area contributed by atoms with Gasteiger partial charge in [-0.15, -0.1) is 0 Å². The molecule has 0 saturated carbocycles. The fraction of sp³-hybridized carbons (Fsp3) is 0.438. The maximum absolute atomic E-state index is 4.60. The molecule has 102 valence electrons. The summed E-state index contributed by atoms with van der Waals surface area (Å²) in [5.74, 6) is 0.434. The smallest absolute Gasteiger partial charge is 0.0728 e. The van der Waals surface area contributed by atoms with Crippen LogP contribution in [-0.4, -0.2) is 16.3 Å². The maximum atomic E-state index is 4.60. The molecule has 0 fully saturated rings. The summed E-state index contributed by atoms with van der Waals surface area (Å²) in [6.45, 7) is 8.40. The lowest BCUT2D eigenvalue weighted by atomic mass is 9.96. The zero-order chi connectivity index (χ0) is 13.8. The molecule has 0 bridgehead atoms. The van der Waals surface area contributed by atoms with Crippen molar-refractivity contribution in [2.45, 2.75) is 33.2 Å². The first-order chi connectivity index (χ1) is 9.13. The number of aromatic nitrogens is 2. The second kappa shape index (κ2) is 6.02. The van der Waals surface area contributed by atoms with Crippen LogP contribution in [0, 0.1) is 0 Å². The largest absolute Gasteiger partial charge is 0.313 e. The van der Waals surface area contributed by atoms with Gasteiger partial charge in [0.25, 0.3) is 0 Å². The van der Waals surface area contributed by atoms with Crippen molar-refractivity contribution in [2.24, 2.45) is 7.05 Å². The van der Waals surface area contributed by atoms with Crippen molar-refractivity contribution in [3.8, 4) is 11.1 Å². The molecule has 3 heteroatoms. The lowest BCUT2D eigenvalue weighted by Gasteiger charge is -2.11. The third kappa shape index (κ3) is 3.04. The minimum atomic E-state index is 0.434. The van der Waals surface area contributed by atoms with Crippen molar-refractivity contribution >= 4 is 0 Å². The Hall–Kier alpha value is -1.61. The van der Waals surface area contributed by atoms with Gasteiger partial charge in [-0.25, -0.2) is 0 Å². The molecule has 19 heavy (non-hydrogen) atoms. The Morgan fingerprint density at radius 2 is 1.95 bits per heavy atom. The van der Waals surface area contributed by atoms with E-state index in [2.05, 4.69) is 61.6 Å². The van der Waals surface area contributed by atoms with E-state index in [1.165, 1.54) is 22.4 Å². The number of nitrogens with zero attached hydrogens (tertiary/aromatic N) is 2. The van der Waals surface area contributed by atoms with Crippen LogP contribution in [0.2, 0.25) is 0 Å². The van der Waals surface area contributed by atoms with Gasteiger partial charge in [-0.3, -0.25) is 4.68 Å². The zero-order valence-electron chi connectivity index (χ0n) is 12.3. The molecule has 3 nitrogen and oxygen atoms in total. The third-order valence-corrected chi connectivity index (χ3v) is 3.28. The average Bonchev–Trinajstić information content (AvgIpc) is 2.79. The van der Waals surface area contributed by atoms with Gasteiger partial charge in [-0.05, 0) is 23.6 Å². The highest BCUT2D eigenvalue weighted by atomic mass is 15.3. The van der Waals surface area contributed by atoms with Crippen LogP contribution in [0.1, 0.15) is 37.9 Å². The molecule has 0 spiro atoms. The minimum absolute atomic E-state index is 0.434. The van der Waals surface area contributed by atoms with Crippen LogP contribution in [0.3, 0.4) is 0 Å². The molecule has 0 amide bonds. The van der Waals surface area contributed by atoms with E-state index in [1.807, 2.05) is 11.7 Å². The molecule has 0 radical (unpaired) electrons. The number of nitrogens with one attached hydrogen (secondary N) is 1. The fourth-order valence-corrected chi connectivity index (χ4v) is 2.34. The van der Waals surface area contributed by atoms with E-state index in [0.717, 1.165) is 13.1 Å². The van der Waals surface area contributed by atoms with Gasteiger partial charge in [0, 0.05) is 25.4 Å². The Morgan fingerprint density at radius 1 is 1.21 bits per heavy atom. The monoisotopic (exact) mass is 257 g/mol. The van der Waals surface area contributed by atoms with E-state index in [4.69, 9.17) is 0 Å². The van der Waals surface area contributed by atoms with Gasteiger partial charge in [0.2, 0.25) is 0 Å². The molecule has 0 saturated heterocycles. The highest BCUT2D eigenvalue weighted by Crippen LogP contribution is 2.30. The third-order valence-electron chi connectivity index (χ3n) is 3.28. The normalized spacial score (nSPS) is 11.2. The Labute approximate surface area is 115 Å². The van der Waals surface area contributed by atoms with Gasteiger partial charge in [-0.1, -0.05) is 45.0 Å². The van der Waals surface area contributed by atoms with E-state index in [9.17, 15) is 0 Å². The number of hydrogen-bond donors (Lipinski definition) is 1. The maximum Gasteiger partial charge on any atom is 0.0728 e. The topological polar surface area (TPSA) is 29.9 Å². The van der Waals surface area contributed by atoms with Gasteiger partial charge < -0.3 is 5.32 Å². The lowest BCUT2D eigenvalue weighted by Crippen LogP contribution is -2.12. The zero-order valence-corrected chi connectivity index (χ0v) is 12.3. The van der Waals surface area contributed by atoms with Crippen LogP contribution in [0.15, 0.2) is 30.5 Å². The van der Waals surface area contributed by atoms with Crippen molar-refractivity contribution in [3.05, 3.63) is 41.7 Å². The Morgan fingerprint density at radius 3 is 2.63 bits per heavy atom. The quantitative estimate of drug-likeness (QED) is 0.890. The van der Waals surface area contributed by atoms with E-state index in [0.29, 0.717) is 5.92 Å². The molecule has 0 atom stereocenters. The number of rotatable bonds is 5. The second-order valence-corrected chi connectivity index (χ2v) is 5.19. The summed E-state index contributed by atoms with van der Waals surface area (Å²) in [6.07, 6.45) is 2.13. The van der Waals surface area contributed by atoms with Crippen LogP contribution in [-0.2, 0) is 13.6 Å². The summed E-state index contributed by atoms with van der Waals surface area (Å²) in [7, 11) is 1.99. The van der Waals surface area contributed by atoms with Crippen LogP contribution >= 0.6 is 0 Å². The van der Waals surface area contributed by atoms with Gasteiger partial charge in [0.05, 0.1) is 5.69 Å². The van der Waals surface area contributed by atoms with Gasteiger partial charge in [0.1, 0.15) is 0 Å². The standard InChI is InChI=1S/C16H23N3/c1-5-17-10-13-8-6-7-9-14(13)15-11-19(4)18-16(15)12(2)3/h6-9,11-12,17H,5,10H2,1-4H3. The molecule has 0 aliphatic heterocycles. The van der Waals surface area contributed by atoms with E-state index >= 15 is 0 Å². The van der Waals surface area contributed by atoms with Crippen LogP contribution < -0.4 is 5.32 Å². The molecule has 1 aromatic carbocycles. The SMILES string of the molecule is CCNCc1ccccc1-c1cn(C)nc1C(C)C. The van der Waals surface area contributed by atoms with Crippen molar-refractivity contribution in [3.63, 3.8) is 0 Å². The van der Waals surface area contributed by atoms with Crippen molar-refractivity contribution in [1.82, 2.24) is 15.1 Å². The Bertz CT molecular complexity index is 541. The van der Waals surface area contributed by atoms with Crippen LogP contribution in [0.5, 0.6) is 0 Å². The summed E-state index contributed by atoms with van der Waals surface area (Å²) in [5, 5.41) is 8.01. The molecule has 2 rings (SSSR count). The molecular weight excluding hydrogens is 234 g/mol. The number of benzene rings is 1. The van der Waals surface area contributed by atoms with Crippen LogP contribution in [0.25, 0.3) is 11.1 Å². The predicted molar refractivity (Wildman–Crippen MR) is 80.1 cm³/mol. The van der Waals surface area contributed by atoms with Crippen LogP contribution in [0.4, 0.5) is 0 Å². The van der Waals surface area contributed by atoms with E-state index in [1.54, 1.807) is 0 Å². The summed E-state index contributed by atoms with van der Waals surface area (Å²) in [4.78, 5) is 0. The highest BCUT2D eigenvalue weighted by molar-refractivity contribution is 5.69. The Balaban J connectivity index is 2.46. The molecule has 0 aliphatic rings. The van der Waals surface area contributed by atoms with Gasteiger partial charge in [-0.2, -0.15) is 5.10 Å². The minimum Gasteiger partial charge on any atom is -0.313 e. The number of aryl methyl sites for hydroxylation is 1. The summed E-state index contributed by atoms with van der Waals surface area (Å²) >= 11 is 0. The summed E-state index contributed by atoms with van der Waals surface area (Å²) < 4.78 is 1.91. The summed E-state index contributed by atoms with van der Waals surface area (Å²) in [5.41, 5.74) is 5.05. The van der Waals surface area contributed by atoms with Crippen molar-refractivity contribution in [2.75, 3.05) is 6.54 Å². The van der Waals surface area contributed by atoms with E-state index in [-0.39, 0.29) is 0 Å². The average molecular weight is 257 g/mol. The van der Waals surface area contributed by atoms with Gasteiger partial charge in [0.15, 0.2) is 0 Å². The molecule has 0 aliphatic carbocycles. The molecule has 2 aromatic rings. The first-order valence-corrected chi connectivity index (χ1v) is 6.96. The van der Waals surface area contributed by atoms with Crippen molar-refractivity contribution in [1.29, 1.82) is 0 Å². The first-order valence-electron chi connectivity index (χ1n) is 6.96. The second-order valence-electron chi connectivity index (χ2n) is 5.19. The summed E-state index contributed by atoms with van der Waals surface area (Å²) in [6, 6.07) is 8.58. The first kappa shape index (κ1) is 13.8. The predicted octanol–water partition coefficient (Wildman–Crippen LogP) is 3.32. The number of hydrogen-bond acceptors (Lipinski definition) is 2. The van der Waals surface area contributed by atoms with E-state index < -0.39 is 0 Å². The molecule has 1 aromatic heterocycles. The lowest BCUT2D eigenvalue weighted by molar-refractivity contribution is 0.713. The van der Waals surface area contributed by atoms with Crippen molar-refractivity contribution < 1.29 is 0 Å². The molecule has 1 heterocycles.